The van der Waals surface area contributed by atoms with Gasteiger partial charge in [0.05, 0.1) is 4.90 Å². The van der Waals surface area contributed by atoms with E-state index in [-0.39, 0.29) is 11.4 Å². The second kappa shape index (κ2) is 5.68. The van der Waals surface area contributed by atoms with Crippen molar-refractivity contribution in [1.82, 2.24) is 14.9 Å². The number of hydrogen-bond acceptors (Lipinski definition) is 5. The summed E-state index contributed by atoms with van der Waals surface area (Å²) < 4.78 is 44.8. The molecule has 2 rings (SSSR count). The van der Waals surface area contributed by atoms with Crippen LogP contribution in [0.2, 0.25) is 0 Å². The summed E-state index contributed by atoms with van der Waals surface area (Å²) in [4.78, 5) is 3.89. The normalized spacial score (nSPS) is 11.8. The van der Waals surface area contributed by atoms with Crippen LogP contribution in [-0.4, -0.2) is 25.1 Å². The number of aryl methyl sites for hydroxylation is 2. The second-order valence-corrected chi connectivity index (χ2v) is 6.06. The lowest BCUT2D eigenvalue weighted by molar-refractivity contribution is 0.377. The van der Waals surface area contributed by atoms with E-state index >= 15 is 0 Å². The van der Waals surface area contributed by atoms with Crippen molar-refractivity contribution in [2.24, 2.45) is 0 Å². The quantitative estimate of drug-likeness (QED) is 0.900. The fourth-order valence-electron chi connectivity index (χ4n) is 1.99. The molecule has 6 nitrogen and oxygen atoms in total. The van der Waals surface area contributed by atoms with E-state index in [0.29, 0.717) is 23.4 Å². The summed E-state index contributed by atoms with van der Waals surface area (Å²) in [5.74, 6) is -0.106. The molecule has 0 saturated heterocycles. The fraction of sp³-hybridized carbons (Fsp3) is 0.333. The third kappa shape index (κ3) is 3.20. The van der Waals surface area contributed by atoms with Crippen molar-refractivity contribution in [3.63, 3.8) is 0 Å². The molecule has 108 valence electrons. The van der Waals surface area contributed by atoms with E-state index in [0.717, 1.165) is 0 Å². The highest BCUT2D eigenvalue weighted by molar-refractivity contribution is 7.89. The molecule has 1 aromatic carbocycles. The SMILES string of the molecule is Cc1cc(F)cc(C)c1S(=O)(=O)NCCc1ncno1. The van der Waals surface area contributed by atoms with Gasteiger partial charge in [-0.2, -0.15) is 4.98 Å². The predicted molar refractivity (Wildman–Crippen MR) is 69.1 cm³/mol. The lowest BCUT2D eigenvalue weighted by Crippen LogP contribution is -2.27. The molecule has 0 spiro atoms. The van der Waals surface area contributed by atoms with E-state index in [4.69, 9.17) is 4.52 Å². The van der Waals surface area contributed by atoms with Gasteiger partial charge in [0, 0.05) is 13.0 Å². The van der Waals surface area contributed by atoms with Crippen molar-refractivity contribution in [2.45, 2.75) is 25.2 Å². The van der Waals surface area contributed by atoms with Crippen molar-refractivity contribution < 1.29 is 17.3 Å². The smallest absolute Gasteiger partial charge is 0.241 e. The maximum Gasteiger partial charge on any atom is 0.241 e. The Kier molecular flexibility index (Phi) is 4.15. The molecule has 1 aromatic heterocycles. The fourth-order valence-corrected chi connectivity index (χ4v) is 3.47. The molecule has 0 aliphatic heterocycles. The standard InChI is InChI=1S/C12H14FN3O3S/c1-8-5-10(13)6-9(2)12(8)20(17,18)16-4-3-11-14-7-15-19-11/h5-7,16H,3-4H2,1-2H3. The van der Waals surface area contributed by atoms with E-state index in [1.165, 1.54) is 18.5 Å². The van der Waals surface area contributed by atoms with E-state index in [9.17, 15) is 12.8 Å². The Bertz CT molecular complexity index is 676. The zero-order valence-corrected chi connectivity index (χ0v) is 11.9. The summed E-state index contributed by atoms with van der Waals surface area (Å²) in [5, 5.41) is 3.43. The number of halogens is 1. The minimum Gasteiger partial charge on any atom is -0.340 e. The summed E-state index contributed by atoms with van der Waals surface area (Å²) in [6, 6.07) is 2.39. The van der Waals surface area contributed by atoms with Gasteiger partial charge in [-0.05, 0) is 37.1 Å². The van der Waals surface area contributed by atoms with Crippen LogP contribution < -0.4 is 4.72 Å². The molecule has 0 aliphatic rings. The van der Waals surface area contributed by atoms with Gasteiger partial charge in [-0.15, -0.1) is 0 Å². The molecule has 0 atom stereocenters. The van der Waals surface area contributed by atoms with Gasteiger partial charge in [-0.25, -0.2) is 17.5 Å². The highest BCUT2D eigenvalue weighted by atomic mass is 32.2. The Hall–Kier alpha value is -1.80. The molecule has 0 bridgehead atoms. The van der Waals surface area contributed by atoms with Crippen molar-refractivity contribution in [2.75, 3.05) is 6.54 Å². The topological polar surface area (TPSA) is 85.1 Å². The average molecular weight is 299 g/mol. The van der Waals surface area contributed by atoms with Gasteiger partial charge in [0.25, 0.3) is 0 Å². The first kappa shape index (κ1) is 14.6. The molecule has 1 heterocycles. The molecule has 0 saturated carbocycles. The third-order valence-corrected chi connectivity index (χ3v) is 4.50. The molecule has 2 aromatic rings. The minimum absolute atomic E-state index is 0.101. The lowest BCUT2D eigenvalue weighted by Gasteiger charge is -2.11. The molecular weight excluding hydrogens is 285 g/mol. The van der Waals surface area contributed by atoms with Crippen molar-refractivity contribution in [3.05, 3.63) is 41.3 Å². The monoisotopic (exact) mass is 299 g/mol. The van der Waals surface area contributed by atoms with Crippen LogP contribution in [0, 0.1) is 19.7 Å². The minimum atomic E-state index is -3.70. The number of nitrogens with one attached hydrogen (secondary N) is 1. The van der Waals surface area contributed by atoms with Gasteiger partial charge in [-0.3, -0.25) is 0 Å². The molecule has 0 fully saturated rings. The molecule has 20 heavy (non-hydrogen) atoms. The Balaban J connectivity index is 2.14. The molecule has 0 unspecified atom stereocenters. The van der Waals surface area contributed by atoms with Gasteiger partial charge in [0.15, 0.2) is 6.33 Å². The Morgan fingerprint density at radius 1 is 1.30 bits per heavy atom. The number of nitrogens with zero attached hydrogens (tertiary/aromatic N) is 2. The average Bonchev–Trinajstić information content (AvgIpc) is 2.79. The summed E-state index contributed by atoms with van der Waals surface area (Å²) in [5.41, 5.74) is 0.737. The van der Waals surface area contributed by atoms with E-state index in [2.05, 4.69) is 14.9 Å². The molecule has 0 radical (unpaired) electrons. The summed E-state index contributed by atoms with van der Waals surface area (Å²) in [7, 11) is -3.70. The zero-order valence-electron chi connectivity index (χ0n) is 11.1. The van der Waals surface area contributed by atoms with Gasteiger partial charge < -0.3 is 4.52 Å². The molecule has 1 N–H and O–H groups in total. The summed E-state index contributed by atoms with van der Waals surface area (Å²) in [6.07, 6.45) is 1.54. The van der Waals surface area contributed by atoms with Crippen LogP contribution in [-0.2, 0) is 16.4 Å². The van der Waals surface area contributed by atoms with Crippen LogP contribution in [0.5, 0.6) is 0 Å². The predicted octanol–water partition coefficient (Wildman–Crippen LogP) is 1.35. The van der Waals surface area contributed by atoms with Crippen LogP contribution in [0.4, 0.5) is 4.39 Å². The Morgan fingerprint density at radius 2 is 1.95 bits per heavy atom. The largest absolute Gasteiger partial charge is 0.340 e. The van der Waals surface area contributed by atoms with Gasteiger partial charge >= 0.3 is 0 Å². The highest BCUT2D eigenvalue weighted by Crippen LogP contribution is 2.21. The maximum atomic E-state index is 13.2. The van der Waals surface area contributed by atoms with Crippen molar-refractivity contribution in [1.29, 1.82) is 0 Å². The number of hydrogen-bond donors (Lipinski definition) is 1. The highest BCUT2D eigenvalue weighted by Gasteiger charge is 2.20. The van der Waals surface area contributed by atoms with Crippen LogP contribution in [0.1, 0.15) is 17.0 Å². The zero-order chi connectivity index (χ0) is 14.8. The lowest BCUT2D eigenvalue weighted by atomic mass is 10.1. The van der Waals surface area contributed by atoms with Crippen molar-refractivity contribution >= 4 is 10.0 Å². The molecule has 0 aliphatic carbocycles. The number of aromatic nitrogens is 2. The van der Waals surface area contributed by atoms with E-state index < -0.39 is 15.8 Å². The number of benzene rings is 1. The first-order valence-electron chi connectivity index (χ1n) is 5.92. The summed E-state index contributed by atoms with van der Waals surface area (Å²) in [6.45, 7) is 3.24. The number of rotatable bonds is 5. The summed E-state index contributed by atoms with van der Waals surface area (Å²) >= 11 is 0. The van der Waals surface area contributed by atoms with Crippen molar-refractivity contribution in [3.8, 4) is 0 Å². The van der Waals surface area contributed by atoms with Gasteiger partial charge in [0.2, 0.25) is 15.9 Å². The van der Waals surface area contributed by atoms with Gasteiger partial charge in [-0.1, -0.05) is 5.16 Å². The van der Waals surface area contributed by atoms with Crippen LogP contribution in [0.25, 0.3) is 0 Å². The first-order valence-corrected chi connectivity index (χ1v) is 7.40. The Labute approximate surface area is 116 Å². The molecule has 0 amide bonds. The maximum absolute atomic E-state index is 13.2. The van der Waals surface area contributed by atoms with Crippen LogP contribution in [0.3, 0.4) is 0 Å². The van der Waals surface area contributed by atoms with E-state index in [1.807, 2.05) is 0 Å². The van der Waals surface area contributed by atoms with Crippen LogP contribution >= 0.6 is 0 Å². The molecular formula is C12H14FN3O3S. The van der Waals surface area contributed by atoms with Crippen LogP contribution in [0.15, 0.2) is 27.9 Å². The molecule has 8 heteroatoms. The first-order chi connectivity index (χ1) is 9.40. The van der Waals surface area contributed by atoms with Gasteiger partial charge in [0.1, 0.15) is 5.82 Å². The Morgan fingerprint density at radius 3 is 2.50 bits per heavy atom. The second-order valence-electron chi connectivity index (χ2n) is 4.35. The number of sulfonamides is 1. The van der Waals surface area contributed by atoms with E-state index in [1.54, 1.807) is 13.8 Å². The third-order valence-electron chi connectivity index (χ3n) is 2.73.